The summed E-state index contributed by atoms with van der Waals surface area (Å²) in [5.74, 6) is 0. The van der Waals surface area contributed by atoms with Crippen molar-refractivity contribution >= 4 is 0 Å². The summed E-state index contributed by atoms with van der Waals surface area (Å²) in [6.07, 6.45) is 39.7. The van der Waals surface area contributed by atoms with Crippen molar-refractivity contribution in [2.75, 3.05) is 6.61 Å². The fourth-order valence-electron chi connectivity index (χ4n) is 4.94. The molecular weight excluding hydrogens is 440 g/mol. The maximum Gasteiger partial charge on any atom is 0.0512 e. The van der Waals surface area contributed by atoms with Gasteiger partial charge >= 0.3 is 0 Å². The van der Waals surface area contributed by atoms with Crippen LogP contribution in [-0.2, 0) is 0 Å². The van der Waals surface area contributed by atoms with E-state index in [1.54, 1.807) is 0 Å². The van der Waals surface area contributed by atoms with Crippen LogP contribution in [0.2, 0.25) is 0 Å². The average molecular weight is 513 g/mol. The van der Waals surface area contributed by atoms with Gasteiger partial charge in [0, 0.05) is 6.61 Å². The van der Waals surface area contributed by atoms with Crippen LogP contribution in [0.3, 0.4) is 0 Å². The number of rotatable bonds is 29. The zero-order valence-electron chi connectivity index (χ0n) is 25.7. The third-order valence-electron chi connectivity index (χ3n) is 7.49. The lowest BCUT2D eigenvalue weighted by Crippen LogP contribution is -1.98. The first-order valence-electron chi connectivity index (χ1n) is 17.0. The normalized spacial score (nSPS) is 11.9. The quantitative estimate of drug-likeness (QED) is 0.0978. The third kappa shape index (κ3) is 41.1. The van der Waals surface area contributed by atoms with Gasteiger partial charge in [-0.15, -0.1) is 0 Å². The molecule has 2 nitrogen and oxygen atoms in total. The molecule has 1 unspecified atom stereocenters. The minimum atomic E-state index is -0.0986. The molecule has 1 atom stereocenters. The van der Waals surface area contributed by atoms with Crippen molar-refractivity contribution in [1.82, 2.24) is 0 Å². The van der Waals surface area contributed by atoms with Gasteiger partial charge in [0.2, 0.25) is 0 Å². The lowest BCUT2D eigenvalue weighted by atomic mass is 10.0. The van der Waals surface area contributed by atoms with Gasteiger partial charge in [-0.05, 0) is 19.8 Å². The second-order valence-corrected chi connectivity index (χ2v) is 11.6. The van der Waals surface area contributed by atoms with Gasteiger partial charge in [0.05, 0.1) is 6.10 Å². The van der Waals surface area contributed by atoms with Crippen LogP contribution in [0, 0.1) is 0 Å². The van der Waals surface area contributed by atoms with Gasteiger partial charge in [-0.2, -0.15) is 0 Å². The zero-order chi connectivity index (χ0) is 26.8. The summed E-state index contributed by atoms with van der Waals surface area (Å²) in [6, 6.07) is 0. The summed E-state index contributed by atoms with van der Waals surface area (Å²) in [5, 5.41) is 17.8. The van der Waals surface area contributed by atoms with E-state index in [1.165, 1.54) is 173 Å². The molecule has 0 aromatic heterocycles. The van der Waals surface area contributed by atoms with Gasteiger partial charge in [-0.3, -0.25) is 0 Å². The minimum absolute atomic E-state index is 0.0986. The zero-order valence-corrected chi connectivity index (χ0v) is 25.7. The highest BCUT2D eigenvalue weighted by molar-refractivity contribution is 4.51. The van der Waals surface area contributed by atoms with E-state index in [0.717, 1.165) is 12.8 Å². The molecule has 2 N–H and O–H groups in total. The number of hydrogen-bond acceptors (Lipinski definition) is 2. The van der Waals surface area contributed by atoms with Crippen LogP contribution < -0.4 is 0 Å². The molecule has 0 bridgehead atoms. The van der Waals surface area contributed by atoms with Gasteiger partial charge in [0.25, 0.3) is 0 Å². The Kier molecular flexibility index (Phi) is 39.2. The molecule has 0 radical (unpaired) electrons. The minimum Gasteiger partial charge on any atom is -0.396 e. The molecule has 0 spiro atoms. The highest BCUT2D eigenvalue weighted by atomic mass is 16.3. The Labute approximate surface area is 229 Å². The highest BCUT2D eigenvalue weighted by Gasteiger charge is 1.96. The largest absolute Gasteiger partial charge is 0.396 e. The summed E-state index contributed by atoms with van der Waals surface area (Å²) in [4.78, 5) is 0. The van der Waals surface area contributed by atoms with Crippen LogP contribution in [0.25, 0.3) is 0 Å². The first kappa shape index (κ1) is 38.1. The van der Waals surface area contributed by atoms with Gasteiger partial charge in [-0.1, -0.05) is 187 Å². The summed E-state index contributed by atoms with van der Waals surface area (Å²) in [7, 11) is 0. The first-order chi connectivity index (χ1) is 17.7. The summed E-state index contributed by atoms with van der Waals surface area (Å²) >= 11 is 0. The molecule has 0 aliphatic heterocycles. The molecule has 0 aromatic carbocycles. The average Bonchev–Trinajstić information content (AvgIpc) is 2.87. The lowest BCUT2D eigenvalue weighted by molar-refractivity contribution is 0.180. The Balaban J connectivity index is 0. The Morgan fingerprint density at radius 3 is 0.806 bits per heavy atom. The second-order valence-electron chi connectivity index (χ2n) is 11.6. The Hall–Kier alpha value is -0.0800. The van der Waals surface area contributed by atoms with Gasteiger partial charge < -0.3 is 10.2 Å². The van der Waals surface area contributed by atoms with Crippen LogP contribution in [0.1, 0.15) is 207 Å². The smallest absolute Gasteiger partial charge is 0.0512 e. The van der Waals surface area contributed by atoms with Gasteiger partial charge in [-0.25, -0.2) is 0 Å². The van der Waals surface area contributed by atoms with E-state index in [9.17, 15) is 0 Å². The maximum absolute atomic E-state index is 9.10. The predicted octanol–water partition coefficient (Wildman–Crippen LogP) is 11.7. The molecule has 0 heterocycles. The Bertz CT molecular complexity index is 324. The SMILES string of the molecule is CCCCCCCCCCCCCC(C)O.CCCCCCCCCCCCCCCCCCCO. The maximum atomic E-state index is 9.10. The number of aliphatic hydroxyl groups excluding tert-OH is 2. The highest BCUT2D eigenvalue weighted by Crippen LogP contribution is 2.14. The molecule has 0 saturated heterocycles. The fourth-order valence-corrected chi connectivity index (χ4v) is 4.94. The van der Waals surface area contributed by atoms with Crippen molar-refractivity contribution in [3.05, 3.63) is 0 Å². The van der Waals surface area contributed by atoms with Crippen molar-refractivity contribution in [2.24, 2.45) is 0 Å². The van der Waals surface area contributed by atoms with E-state index >= 15 is 0 Å². The second kappa shape index (κ2) is 37.1. The van der Waals surface area contributed by atoms with Crippen LogP contribution in [0.5, 0.6) is 0 Å². The summed E-state index contributed by atoms with van der Waals surface area (Å²) in [5.41, 5.74) is 0. The van der Waals surface area contributed by atoms with Crippen molar-refractivity contribution in [3.8, 4) is 0 Å². The van der Waals surface area contributed by atoms with Crippen molar-refractivity contribution in [1.29, 1.82) is 0 Å². The molecule has 0 rings (SSSR count). The monoisotopic (exact) mass is 513 g/mol. The van der Waals surface area contributed by atoms with E-state index in [2.05, 4.69) is 13.8 Å². The standard InChI is InChI=1S/C19H40O.C15H32O/c1-2-3-4-5-6-7-8-9-10-11-12-13-14-15-16-17-18-19-20;1-3-4-5-6-7-8-9-10-11-12-13-14-15(2)16/h20H,2-19H2,1H3;15-16H,3-14H2,1-2H3. The van der Waals surface area contributed by atoms with Gasteiger partial charge in [0.15, 0.2) is 0 Å². The molecule has 2 heteroatoms. The van der Waals surface area contributed by atoms with Gasteiger partial charge in [0.1, 0.15) is 0 Å². The molecule has 0 amide bonds. The molecule has 36 heavy (non-hydrogen) atoms. The molecule has 0 fully saturated rings. The molecule has 220 valence electrons. The van der Waals surface area contributed by atoms with Crippen molar-refractivity contribution in [2.45, 2.75) is 213 Å². The molecule has 0 saturated carbocycles. The molecule has 0 aliphatic carbocycles. The molecule has 0 aromatic rings. The van der Waals surface area contributed by atoms with Crippen molar-refractivity contribution in [3.63, 3.8) is 0 Å². The van der Waals surface area contributed by atoms with E-state index in [0.29, 0.717) is 6.61 Å². The Morgan fingerprint density at radius 2 is 0.583 bits per heavy atom. The predicted molar refractivity (Wildman–Crippen MR) is 164 cm³/mol. The van der Waals surface area contributed by atoms with Crippen LogP contribution >= 0.6 is 0 Å². The molecule has 0 aliphatic rings. The first-order valence-corrected chi connectivity index (χ1v) is 17.0. The van der Waals surface area contributed by atoms with E-state index in [4.69, 9.17) is 10.2 Å². The fraction of sp³-hybridized carbons (Fsp3) is 1.00. The van der Waals surface area contributed by atoms with E-state index in [-0.39, 0.29) is 6.10 Å². The number of hydrogen-bond donors (Lipinski definition) is 2. The lowest BCUT2D eigenvalue weighted by Gasteiger charge is -2.04. The molecular formula is C34H72O2. The van der Waals surface area contributed by atoms with E-state index in [1.807, 2.05) is 6.92 Å². The topological polar surface area (TPSA) is 40.5 Å². The summed E-state index contributed by atoms with van der Waals surface area (Å²) < 4.78 is 0. The third-order valence-corrected chi connectivity index (χ3v) is 7.49. The number of aliphatic hydroxyl groups is 2. The van der Waals surface area contributed by atoms with Crippen LogP contribution in [-0.4, -0.2) is 22.9 Å². The number of unbranched alkanes of at least 4 members (excludes halogenated alkanes) is 26. The Morgan fingerprint density at radius 1 is 0.361 bits per heavy atom. The van der Waals surface area contributed by atoms with Crippen molar-refractivity contribution < 1.29 is 10.2 Å². The summed E-state index contributed by atoms with van der Waals surface area (Å²) in [6.45, 7) is 6.82. The van der Waals surface area contributed by atoms with E-state index < -0.39 is 0 Å². The van der Waals surface area contributed by atoms with Crippen LogP contribution in [0.15, 0.2) is 0 Å². The van der Waals surface area contributed by atoms with Crippen LogP contribution in [0.4, 0.5) is 0 Å².